The predicted molar refractivity (Wildman–Crippen MR) is 95.3 cm³/mol. The minimum absolute atomic E-state index is 0.0558. The summed E-state index contributed by atoms with van der Waals surface area (Å²) in [6.07, 6.45) is 8.35. The fourth-order valence-corrected chi connectivity index (χ4v) is 3.09. The van der Waals surface area contributed by atoms with E-state index in [-0.39, 0.29) is 35.4 Å². The molecular weight excluding hydrogens is 353 g/mol. The number of halogens is 1. The number of aromatic nitrogens is 4. The summed E-state index contributed by atoms with van der Waals surface area (Å²) in [7, 11) is 1.65. The van der Waals surface area contributed by atoms with E-state index in [0.29, 0.717) is 13.2 Å². The first-order chi connectivity index (χ1) is 13.2. The number of imidazole rings is 1. The van der Waals surface area contributed by atoms with Crippen LogP contribution < -0.4 is 5.32 Å². The summed E-state index contributed by atoms with van der Waals surface area (Å²) < 4.78 is 25.4. The molecule has 1 aliphatic rings. The van der Waals surface area contributed by atoms with Crippen LogP contribution in [0.2, 0.25) is 0 Å². The highest BCUT2D eigenvalue weighted by Gasteiger charge is 2.24. The van der Waals surface area contributed by atoms with Crippen LogP contribution in [0, 0.1) is 0 Å². The second-order valence-electron chi connectivity index (χ2n) is 6.46. The van der Waals surface area contributed by atoms with Gasteiger partial charge in [0.25, 0.3) is 5.91 Å². The van der Waals surface area contributed by atoms with Gasteiger partial charge in [-0.3, -0.25) is 9.36 Å². The van der Waals surface area contributed by atoms with Gasteiger partial charge in [-0.2, -0.15) is 0 Å². The van der Waals surface area contributed by atoms with Crippen molar-refractivity contribution in [3.8, 4) is 5.95 Å². The lowest BCUT2D eigenvalue weighted by Crippen LogP contribution is -2.39. The highest BCUT2D eigenvalue weighted by Crippen LogP contribution is 2.21. The molecule has 0 saturated heterocycles. The SMILES string of the molecule is COCCOC1CCC(NC(=O)c2cc(CF)nc(-n3ccnc3)n2)CC1. The molecule has 0 radical (unpaired) electrons. The van der Waals surface area contributed by atoms with E-state index in [2.05, 4.69) is 20.3 Å². The van der Waals surface area contributed by atoms with Gasteiger partial charge in [0.2, 0.25) is 5.95 Å². The molecule has 0 aromatic carbocycles. The lowest BCUT2D eigenvalue weighted by atomic mass is 9.93. The Bertz CT molecular complexity index is 733. The van der Waals surface area contributed by atoms with Gasteiger partial charge >= 0.3 is 0 Å². The van der Waals surface area contributed by atoms with Gasteiger partial charge in [0.15, 0.2) is 0 Å². The first kappa shape index (κ1) is 19.4. The minimum atomic E-state index is -0.769. The van der Waals surface area contributed by atoms with Crippen LogP contribution in [0.1, 0.15) is 41.9 Å². The third-order valence-electron chi connectivity index (χ3n) is 4.52. The van der Waals surface area contributed by atoms with Crippen molar-refractivity contribution in [2.45, 2.75) is 44.5 Å². The molecule has 0 aliphatic heterocycles. The molecule has 3 rings (SSSR count). The quantitative estimate of drug-likeness (QED) is 0.706. The number of amides is 1. The van der Waals surface area contributed by atoms with Crippen molar-refractivity contribution in [1.29, 1.82) is 0 Å². The topological polar surface area (TPSA) is 91.2 Å². The number of alkyl halides is 1. The Morgan fingerprint density at radius 3 is 2.78 bits per heavy atom. The third-order valence-corrected chi connectivity index (χ3v) is 4.52. The number of carbonyl (C=O) groups excluding carboxylic acids is 1. The normalized spacial score (nSPS) is 19.8. The van der Waals surface area contributed by atoms with Gasteiger partial charge in [0.05, 0.1) is 25.0 Å². The molecule has 1 aliphatic carbocycles. The van der Waals surface area contributed by atoms with Crippen LogP contribution in [-0.4, -0.2) is 57.9 Å². The zero-order valence-electron chi connectivity index (χ0n) is 15.3. The van der Waals surface area contributed by atoms with Gasteiger partial charge in [-0.05, 0) is 31.7 Å². The van der Waals surface area contributed by atoms with Crippen molar-refractivity contribution >= 4 is 5.91 Å². The summed E-state index contributed by atoms with van der Waals surface area (Å²) in [5.41, 5.74) is 0.314. The molecule has 0 bridgehead atoms. The Kier molecular flexibility index (Phi) is 6.83. The molecule has 2 heterocycles. The van der Waals surface area contributed by atoms with E-state index >= 15 is 0 Å². The maximum atomic E-state index is 13.1. The summed E-state index contributed by atoms with van der Waals surface area (Å²) in [6, 6.07) is 1.44. The summed E-state index contributed by atoms with van der Waals surface area (Å²) in [5.74, 6) is -0.0970. The molecule has 8 nitrogen and oxygen atoms in total. The van der Waals surface area contributed by atoms with Crippen LogP contribution in [0.5, 0.6) is 0 Å². The summed E-state index contributed by atoms with van der Waals surface area (Å²) in [4.78, 5) is 24.9. The van der Waals surface area contributed by atoms with Gasteiger partial charge in [0.1, 0.15) is 18.7 Å². The van der Waals surface area contributed by atoms with E-state index in [0.717, 1.165) is 25.7 Å². The Hall–Kier alpha value is -2.39. The van der Waals surface area contributed by atoms with E-state index in [1.807, 2.05) is 0 Å². The molecule has 2 aromatic rings. The number of ether oxygens (including phenoxy) is 2. The van der Waals surface area contributed by atoms with Crippen molar-refractivity contribution in [3.05, 3.63) is 36.2 Å². The minimum Gasteiger partial charge on any atom is -0.382 e. The van der Waals surface area contributed by atoms with Crippen LogP contribution in [0.25, 0.3) is 5.95 Å². The van der Waals surface area contributed by atoms with Crippen molar-refractivity contribution in [1.82, 2.24) is 24.8 Å². The maximum Gasteiger partial charge on any atom is 0.270 e. The molecule has 9 heteroatoms. The molecule has 1 fully saturated rings. The van der Waals surface area contributed by atoms with E-state index in [9.17, 15) is 9.18 Å². The van der Waals surface area contributed by atoms with Gasteiger partial charge in [-0.15, -0.1) is 0 Å². The van der Waals surface area contributed by atoms with E-state index in [1.165, 1.54) is 12.4 Å². The van der Waals surface area contributed by atoms with Crippen molar-refractivity contribution in [2.75, 3.05) is 20.3 Å². The Balaban J connectivity index is 1.59. The number of carbonyl (C=O) groups is 1. The molecule has 146 valence electrons. The smallest absolute Gasteiger partial charge is 0.270 e. The Labute approximate surface area is 157 Å². The first-order valence-corrected chi connectivity index (χ1v) is 9.03. The molecule has 1 saturated carbocycles. The lowest BCUT2D eigenvalue weighted by Gasteiger charge is -2.29. The predicted octanol–water partition coefficient (Wildman–Crippen LogP) is 1.84. The fourth-order valence-electron chi connectivity index (χ4n) is 3.09. The number of nitrogens with zero attached hydrogens (tertiary/aromatic N) is 4. The number of hydrogen-bond acceptors (Lipinski definition) is 6. The third kappa shape index (κ3) is 5.30. The second-order valence-corrected chi connectivity index (χ2v) is 6.46. The van der Waals surface area contributed by atoms with E-state index in [1.54, 1.807) is 24.1 Å². The van der Waals surface area contributed by atoms with Crippen LogP contribution in [0.15, 0.2) is 24.8 Å². The standard InChI is InChI=1S/C18H24FN5O3/c1-26-8-9-27-15-4-2-13(3-5-15)21-17(25)16-10-14(11-19)22-18(23-16)24-7-6-20-12-24/h6-7,10,12-13,15H,2-5,8-9,11H2,1H3,(H,21,25). The average molecular weight is 377 g/mol. The van der Waals surface area contributed by atoms with Gasteiger partial charge < -0.3 is 14.8 Å². The fraction of sp³-hybridized carbons (Fsp3) is 0.556. The second kappa shape index (κ2) is 9.52. The van der Waals surface area contributed by atoms with E-state index in [4.69, 9.17) is 9.47 Å². The Morgan fingerprint density at radius 2 is 2.11 bits per heavy atom. The van der Waals surface area contributed by atoms with Gasteiger partial charge in [0, 0.05) is 25.5 Å². The molecular formula is C18H24FN5O3. The zero-order chi connectivity index (χ0) is 19.1. The average Bonchev–Trinajstić information content (AvgIpc) is 3.24. The number of rotatable bonds is 8. The van der Waals surface area contributed by atoms with Gasteiger partial charge in [-0.1, -0.05) is 0 Å². The van der Waals surface area contributed by atoms with Crippen LogP contribution in [0.4, 0.5) is 4.39 Å². The largest absolute Gasteiger partial charge is 0.382 e. The van der Waals surface area contributed by atoms with Gasteiger partial charge in [-0.25, -0.2) is 19.3 Å². The molecule has 0 atom stereocenters. The summed E-state index contributed by atoms with van der Waals surface area (Å²) >= 11 is 0. The van der Waals surface area contributed by atoms with Crippen LogP contribution in [-0.2, 0) is 16.1 Å². The van der Waals surface area contributed by atoms with E-state index < -0.39 is 6.67 Å². The molecule has 1 amide bonds. The monoisotopic (exact) mass is 377 g/mol. The summed E-state index contributed by atoms with van der Waals surface area (Å²) in [5, 5.41) is 2.99. The van der Waals surface area contributed by atoms with Crippen LogP contribution >= 0.6 is 0 Å². The number of nitrogens with one attached hydrogen (secondary N) is 1. The molecule has 0 unspecified atom stereocenters. The molecule has 0 spiro atoms. The highest BCUT2D eigenvalue weighted by atomic mass is 19.1. The maximum absolute atomic E-state index is 13.1. The van der Waals surface area contributed by atoms with Crippen molar-refractivity contribution in [2.24, 2.45) is 0 Å². The number of hydrogen-bond donors (Lipinski definition) is 1. The number of methoxy groups -OCH3 is 1. The summed E-state index contributed by atoms with van der Waals surface area (Å²) in [6.45, 7) is 0.400. The molecule has 1 N–H and O–H groups in total. The highest BCUT2D eigenvalue weighted by molar-refractivity contribution is 5.92. The molecule has 27 heavy (non-hydrogen) atoms. The van der Waals surface area contributed by atoms with Crippen molar-refractivity contribution < 1.29 is 18.7 Å². The van der Waals surface area contributed by atoms with Crippen LogP contribution in [0.3, 0.4) is 0 Å². The molecule has 2 aromatic heterocycles. The Morgan fingerprint density at radius 1 is 1.30 bits per heavy atom. The zero-order valence-corrected chi connectivity index (χ0v) is 15.3. The van der Waals surface area contributed by atoms with Crippen molar-refractivity contribution in [3.63, 3.8) is 0 Å². The first-order valence-electron chi connectivity index (χ1n) is 9.03. The lowest BCUT2D eigenvalue weighted by molar-refractivity contribution is -0.00409.